The number of hydrogen-bond acceptors (Lipinski definition) is 6. The minimum absolute atomic E-state index is 0.000345. The molecule has 0 radical (unpaired) electrons. The first-order valence-corrected chi connectivity index (χ1v) is 18.4. The number of ether oxygens (including phenoxy) is 2. The third-order valence-electron chi connectivity index (χ3n) is 8.73. The highest BCUT2D eigenvalue weighted by Gasteiger charge is 2.36. The minimum Gasteiger partial charge on any atom is -0.486 e. The van der Waals surface area contributed by atoms with E-state index in [9.17, 15) is 18.0 Å². The standard InChI is InChI=1S/C37H37Cl2N3O6S/c38-31-17-15-27(21-32(31)39)24-41(33(22-26-9-3-1-4-10-26)37(44)40-28-11-7-8-12-28)36(43)25-42(49(45,46)30-13-5-2-6-14-30)29-16-18-34-35(23-29)48-20-19-47-34/h1-6,9-10,13-18,21,23,28,33H,7-8,11-12,19-20,22,24-25H2,(H,40,44)/t33-/m0/s1. The van der Waals surface area contributed by atoms with Crippen molar-refractivity contribution in [3.8, 4) is 11.5 Å². The Kier molecular flexibility index (Phi) is 11.0. The number of carbonyl (C=O) groups is 2. The van der Waals surface area contributed by atoms with E-state index in [0.717, 1.165) is 35.6 Å². The van der Waals surface area contributed by atoms with Gasteiger partial charge in [0.15, 0.2) is 11.5 Å². The summed E-state index contributed by atoms with van der Waals surface area (Å²) in [5, 5.41) is 3.82. The predicted molar refractivity (Wildman–Crippen MR) is 190 cm³/mol. The van der Waals surface area contributed by atoms with Crippen molar-refractivity contribution in [1.29, 1.82) is 0 Å². The second-order valence-corrected chi connectivity index (χ2v) is 14.8. The highest BCUT2D eigenvalue weighted by atomic mass is 35.5. The number of carbonyl (C=O) groups excluding carboxylic acids is 2. The van der Waals surface area contributed by atoms with Crippen molar-refractivity contribution in [1.82, 2.24) is 10.2 Å². The molecule has 9 nitrogen and oxygen atoms in total. The molecule has 1 atom stereocenters. The average Bonchev–Trinajstić information content (AvgIpc) is 3.63. The van der Waals surface area contributed by atoms with Crippen molar-refractivity contribution in [2.45, 2.75) is 55.6 Å². The Morgan fingerprint density at radius 2 is 1.47 bits per heavy atom. The fraction of sp³-hybridized carbons (Fsp3) is 0.297. The van der Waals surface area contributed by atoms with E-state index in [1.165, 1.54) is 17.0 Å². The van der Waals surface area contributed by atoms with E-state index in [1.807, 2.05) is 30.3 Å². The van der Waals surface area contributed by atoms with Crippen LogP contribution >= 0.6 is 23.2 Å². The van der Waals surface area contributed by atoms with Crippen LogP contribution in [-0.2, 0) is 32.6 Å². The van der Waals surface area contributed by atoms with Crippen LogP contribution in [0.1, 0.15) is 36.8 Å². The number of benzene rings is 4. The van der Waals surface area contributed by atoms with Gasteiger partial charge < -0.3 is 19.7 Å². The Labute approximate surface area is 296 Å². The van der Waals surface area contributed by atoms with E-state index in [0.29, 0.717) is 40.3 Å². The van der Waals surface area contributed by atoms with Crippen molar-refractivity contribution in [2.75, 3.05) is 24.1 Å². The van der Waals surface area contributed by atoms with Gasteiger partial charge in [-0.05, 0) is 60.4 Å². The molecule has 0 saturated heterocycles. The number of fused-ring (bicyclic) bond motifs is 1. The van der Waals surface area contributed by atoms with E-state index >= 15 is 0 Å². The van der Waals surface area contributed by atoms with Crippen LogP contribution < -0.4 is 19.1 Å². The van der Waals surface area contributed by atoms with Gasteiger partial charge in [0.25, 0.3) is 10.0 Å². The number of sulfonamides is 1. The van der Waals surface area contributed by atoms with Gasteiger partial charge >= 0.3 is 0 Å². The Balaban J connectivity index is 1.42. The Morgan fingerprint density at radius 1 is 0.796 bits per heavy atom. The van der Waals surface area contributed by atoms with Crippen LogP contribution in [-0.4, -0.2) is 57.0 Å². The molecule has 12 heteroatoms. The summed E-state index contributed by atoms with van der Waals surface area (Å²) in [5.41, 5.74) is 1.69. The molecular formula is C37H37Cl2N3O6S. The van der Waals surface area contributed by atoms with Crippen LogP contribution in [0.4, 0.5) is 5.69 Å². The van der Waals surface area contributed by atoms with Gasteiger partial charge in [0.2, 0.25) is 11.8 Å². The Hall–Kier alpha value is -4.25. The number of anilines is 1. The largest absolute Gasteiger partial charge is 0.486 e. The molecule has 4 aromatic carbocycles. The molecule has 0 bridgehead atoms. The number of amides is 2. The van der Waals surface area contributed by atoms with Gasteiger partial charge in [-0.15, -0.1) is 0 Å². The maximum Gasteiger partial charge on any atom is 0.264 e. The first-order valence-electron chi connectivity index (χ1n) is 16.2. The Morgan fingerprint density at radius 3 is 2.16 bits per heavy atom. The van der Waals surface area contributed by atoms with E-state index < -0.39 is 28.5 Å². The summed E-state index contributed by atoms with van der Waals surface area (Å²) in [6, 6.07) is 26.2. The maximum absolute atomic E-state index is 14.7. The van der Waals surface area contributed by atoms with Gasteiger partial charge in [-0.1, -0.05) is 90.6 Å². The molecule has 4 aromatic rings. The zero-order chi connectivity index (χ0) is 34.4. The van der Waals surface area contributed by atoms with Crippen molar-refractivity contribution in [2.24, 2.45) is 0 Å². The summed E-state index contributed by atoms with van der Waals surface area (Å²) in [4.78, 5) is 30.4. The number of rotatable bonds is 12. The van der Waals surface area contributed by atoms with Crippen molar-refractivity contribution in [3.63, 3.8) is 0 Å². The zero-order valence-electron chi connectivity index (χ0n) is 26.8. The lowest BCUT2D eigenvalue weighted by Crippen LogP contribution is -2.54. The summed E-state index contributed by atoms with van der Waals surface area (Å²) in [5.74, 6) is -0.0370. The van der Waals surface area contributed by atoms with E-state index in [-0.39, 0.29) is 35.5 Å². The molecule has 256 valence electrons. The number of nitrogens with zero attached hydrogens (tertiary/aromatic N) is 2. The third-order valence-corrected chi connectivity index (χ3v) is 11.3. The number of hydrogen-bond donors (Lipinski definition) is 1. The van der Waals surface area contributed by atoms with Crippen molar-refractivity contribution >= 4 is 50.7 Å². The summed E-state index contributed by atoms with van der Waals surface area (Å²) >= 11 is 12.6. The molecule has 1 aliphatic carbocycles. The van der Waals surface area contributed by atoms with Gasteiger partial charge in [0, 0.05) is 25.1 Å². The smallest absolute Gasteiger partial charge is 0.264 e. The molecule has 6 rings (SSSR count). The maximum atomic E-state index is 14.7. The second kappa shape index (κ2) is 15.5. The van der Waals surface area contributed by atoms with Gasteiger partial charge in [0.1, 0.15) is 25.8 Å². The van der Waals surface area contributed by atoms with Crippen LogP contribution in [0.2, 0.25) is 10.0 Å². The second-order valence-electron chi connectivity index (χ2n) is 12.1. The average molecular weight is 723 g/mol. The molecule has 0 spiro atoms. The Bertz CT molecular complexity index is 1890. The van der Waals surface area contributed by atoms with Crippen molar-refractivity contribution in [3.05, 3.63) is 118 Å². The molecule has 1 N–H and O–H groups in total. The normalized spacial score (nSPS) is 15.0. The molecule has 0 aromatic heterocycles. The quantitative estimate of drug-likeness (QED) is 0.176. The predicted octanol–water partition coefficient (Wildman–Crippen LogP) is 6.66. The molecular weight excluding hydrogens is 685 g/mol. The first-order chi connectivity index (χ1) is 23.7. The van der Waals surface area contributed by atoms with E-state index in [2.05, 4.69) is 5.32 Å². The number of halogens is 2. The third kappa shape index (κ3) is 8.32. The minimum atomic E-state index is -4.27. The highest BCUT2D eigenvalue weighted by molar-refractivity contribution is 7.92. The monoisotopic (exact) mass is 721 g/mol. The van der Waals surface area contributed by atoms with E-state index in [1.54, 1.807) is 54.6 Å². The van der Waals surface area contributed by atoms with Crippen LogP contribution in [0.5, 0.6) is 11.5 Å². The molecule has 1 saturated carbocycles. The van der Waals surface area contributed by atoms with Gasteiger partial charge in [-0.3, -0.25) is 13.9 Å². The molecule has 1 aliphatic heterocycles. The summed E-state index contributed by atoms with van der Waals surface area (Å²) in [6.45, 7) is 0.0492. The van der Waals surface area contributed by atoms with Gasteiger partial charge in [-0.25, -0.2) is 8.42 Å². The van der Waals surface area contributed by atoms with E-state index in [4.69, 9.17) is 32.7 Å². The zero-order valence-corrected chi connectivity index (χ0v) is 29.1. The summed E-state index contributed by atoms with van der Waals surface area (Å²) < 4.78 is 41.1. The summed E-state index contributed by atoms with van der Waals surface area (Å²) in [7, 11) is -4.27. The van der Waals surface area contributed by atoms with Crippen LogP contribution in [0, 0.1) is 0 Å². The molecule has 2 amide bonds. The highest BCUT2D eigenvalue weighted by Crippen LogP contribution is 2.36. The lowest BCUT2D eigenvalue weighted by molar-refractivity contribution is -0.140. The van der Waals surface area contributed by atoms with Gasteiger partial charge in [0.05, 0.1) is 20.6 Å². The molecule has 49 heavy (non-hydrogen) atoms. The lowest BCUT2D eigenvalue weighted by Gasteiger charge is -2.34. The summed E-state index contributed by atoms with van der Waals surface area (Å²) in [6.07, 6.45) is 3.96. The molecule has 1 heterocycles. The van der Waals surface area contributed by atoms with Crippen LogP contribution in [0.25, 0.3) is 0 Å². The fourth-order valence-corrected chi connectivity index (χ4v) is 7.94. The lowest BCUT2D eigenvalue weighted by atomic mass is 10.0. The SMILES string of the molecule is O=C(NC1CCCC1)[C@H](Cc1ccccc1)N(Cc1ccc(Cl)c(Cl)c1)C(=O)CN(c1ccc2c(c1)OCCO2)S(=O)(=O)c1ccccc1. The first kappa shape index (κ1) is 34.6. The van der Waals surface area contributed by atoms with Crippen LogP contribution in [0.15, 0.2) is 102 Å². The molecule has 2 aliphatic rings. The van der Waals surface area contributed by atoms with Crippen molar-refractivity contribution < 1.29 is 27.5 Å². The topological polar surface area (TPSA) is 105 Å². The van der Waals surface area contributed by atoms with Crippen LogP contribution in [0.3, 0.4) is 0 Å². The number of nitrogens with one attached hydrogen (secondary N) is 1. The van der Waals surface area contributed by atoms with Gasteiger partial charge in [-0.2, -0.15) is 0 Å². The molecule has 0 unspecified atom stereocenters. The fourth-order valence-electron chi connectivity index (χ4n) is 6.19. The molecule has 1 fully saturated rings.